The highest BCUT2D eigenvalue weighted by Crippen LogP contribution is 2.41. The van der Waals surface area contributed by atoms with Crippen LogP contribution in [0, 0.1) is 11.3 Å². The number of hydrogen-bond acceptors (Lipinski definition) is 5. The van der Waals surface area contributed by atoms with E-state index in [1.165, 1.54) is 5.56 Å². The molecule has 0 heterocycles. The second-order valence-electron chi connectivity index (χ2n) is 5.12. The highest BCUT2D eigenvalue weighted by atomic mass is 32.1. The van der Waals surface area contributed by atoms with Crippen molar-refractivity contribution in [1.29, 1.82) is 0 Å². The summed E-state index contributed by atoms with van der Waals surface area (Å²) in [4.78, 5) is 12.6. The number of carbonyl (C=O) groups is 1. The second kappa shape index (κ2) is 9.51. The van der Waals surface area contributed by atoms with E-state index < -0.39 is 5.41 Å². The Balaban J connectivity index is 0.00000106. The third-order valence-electron chi connectivity index (χ3n) is 3.87. The normalized spacial score (nSPS) is 20.0. The van der Waals surface area contributed by atoms with Crippen molar-refractivity contribution in [2.45, 2.75) is 33.1 Å². The monoisotopic (exact) mass is 328 g/mol. The van der Waals surface area contributed by atoms with E-state index in [0.717, 1.165) is 19.3 Å². The average molecular weight is 328 g/mol. The van der Waals surface area contributed by atoms with Crippen LogP contribution in [0.5, 0.6) is 0 Å². The van der Waals surface area contributed by atoms with E-state index >= 15 is 0 Å². The topological polar surface area (TPSA) is 35.5 Å². The van der Waals surface area contributed by atoms with Crippen LogP contribution in [-0.4, -0.2) is 19.0 Å². The SMILES string of the molecule is CC.O=C1C(Cc2ccccc2)CCC1(COS)COS. The molecule has 1 aromatic carbocycles. The molecule has 0 radical (unpaired) electrons. The summed E-state index contributed by atoms with van der Waals surface area (Å²) in [6.07, 6.45) is 2.41. The minimum atomic E-state index is -0.580. The van der Waals surface area contributed by atoms with Gasteiger partial charge in [-0.3, -0.25) is 4.79 Å². The highest BCUT2D eigenvalue weighted by Gasteiger charge is 2.48. The zero-order valence-corrected chi connectivity index (χ0v) is 14.4. The molecule has 0 amide bonds. The van der Waals surface area contributed by atoms with Crippen molar-refractivity contribution < 1.29 is 13.2 Å². The molecule has 118 valence electrons. The van der Waals surface area contributed by atoms with Crippen LogP contribution >= 0.6 is 25.8 Å². The van der Waals surface area contributed by atoms with Crippen LogP contribution in [0.15, 0.2) is 30.3 Å². The molecular weight excluding hydrogens is 304 g/mol. The maximum absolute atomic E-state index is 12.6. The predicted molar refractivity (Wildman–Crippen MR) is 91.5 cm³/mol. The molecule has 0 N–H and O–H groups in total. The van der Waals surface area contributed by atoms with Crippen molar-refractivity contribution in [3.63, 3.8) is 0 Å². The Kier molecular flexibility index (Phi) is 8.41. The lowest BCUT2D eigenvalue weighted by molar-refractivity contribution is -0.131. The van der Waals surface area contributed by atoms with Gasteiger partial charge in [-0.1, -0.05) is 44.2 Å². The Morgan fingerprint density at radius 3 is 2.24 bits per heavy atom. The summed E-state index contributed by atoms with van der Waals surface area (Å²) in [6.45, 7) is 4.56. The molecule has 1 saturated carbocycles. The Morgan fingerprint density at radius 2 is 1.71 bits per heavy atom. The molecule has 21 heavy (non-hydrogen) atoms. The van der Waals surface area contributed by atoms with Gasteiger partial charge in [0, 0.05) is 5.92 Å². The molecular formula is C16H24O3S2. The van der Waals surface area contributed by atoms with Gasteiger partial charge in [-0.05, 0) is 50.6 Å². The molecule has 2 rings (SSSR count). The van der Waals surface area contributed by atoms with E-state index in [9.17, 15) is 4.79 Å². The van der Waals surface area contributed by atoms with Gasteiger partial charge in [0.25, 0.3) is 0 Å². The number of ketones is 1. The number of rotatable bonds is 6. The summed E-state index contributed by atoms with van der Waals surface area (Å²) in [5.74, 6) is 0.244. The van der Waals surface area contributed by atoms with Gasteiger partial charge in [0.1, 0.15) is 5.78 Å². The molecule has 1 atom stereocenters. The van der Waals surface area contributed by atoms with Gasteiger partial charge in [0.05, 0.1) is 18.6 Å². The van der Waals surface area contributed by atoms with Gasteiger partial charge in [0.15, 0.2) is 0 Å². The largest absolute Gasteiger partial charge is 0.317 e. The van der Waals surface area contributed by atoms with Crippen molar-refractivity contribution in [3.05, 3.63) is 35.9 Å². The zero-order valence-electron chi connectivity index (χ0n) is 12.6. The van der Waals surface area contributed by atoms with E-state index in [1.807, 2.05) is 32.0 Å². The lowest BCUT2D eigenvalue weighted by atomic mass is 9.84. The van der Waals surface area contributed by atoms with Crippen molar-refractivity contribution in [3.8, 4) is 0 Å². The first-order valence-electron chi connectivity index (χ1n) is 7.33. The molecule has 1 aromatic rings. The first-order valence-corrected chi connectivity index (χ1v) is 8.06. The first kappa shape index (κ1) is 18.6. The number of carbonyl (C=O) groups excluding carboxylic acids is 1. The van der Waals surface area contributed by atoms with Gasteiger partial charge < -0.3 is 8.37 Å². The molecule has 0 aromatic heterocycles. The maximum Gasteiger partial charge on any atom is 0.147 e. The Hall–Kier alpha value is -0.490. The third-order valence-corrected chi connectivity index (χ3v) is 4.13. The van der Waals surface area contributed by atoms with Crippen LogP contribution < -0.4 is 0 Å². The van der Waals surface area contributed by atoms with Gasteiger partial charge in [-0.15, -0.1) is 0 Å². The minimum Gasteiger partial charge on any atom is -0.317 e. The van der Waals surface area contributed by atoms with E-state index in [4.69, 9.17) is 8.37 Å². The summed E-state index contributed by atoms with van der Waals surface area (Å²) in [7, 11) is 0. The molecule has 3 nitrogen and oxygen atoms in total. The van der Waals surface area contributed by atoms with Crippen molar-refractivity contribution >= 4 is 31.6 Å². The lowest BCUT2D eigenvalue weighted by Gasteiger charge is -2.25. The van der Waals surface area contributed by atoms with Crippen LogP contribution in [0.1, 0.15) is 32.3 Å². The van der Waals surface area contributed by atoms with E-state index in [1.54, 1.807) is 0 Å². The van der Waals surface area contributed by atoms with Crippen molar-refractivity contribution in [2.75, 3.05) is 13.2 Å². The van der Waals surface area contributed by atoms with E-state index in [0.29, 0.717) is 0 Å². The van der Waals surface area contributed by atoms with Gasteiger partial charge in [-0.25, -0.2) is 0 Å². The van der Waals surface area contributed by atoms with E-state index in [-0.39, 0.29) is 24.9 Å². The van der Waals surface area contributed by atoms with Crippen LogP contribution in [0.4, 0.5) is 0 Å². The second-order valence-corrected chi connectivity index (χ2v) is 5.63. The maximum atomic E-state index is 12.6. The molecule has 0 aliphatic heterocycles. The van der Waals surface area contributed by atoms with Crippen LogP contribution in [0.25, 0.3) is 0 Å². The smallest absolute Gasteiger partial charge is 0.147 e. The molecule has 0 saturated heterocycles. The fourth-order valence-electron chi connectivity index (χ4n) is 2.81. The molecule has 1 unspecified atom stereocenters. The summed E-state index contributed by atoms with van der Waals surface area (Å²) >= 11 is 7.56. The Bertz CT molecular complexity index is 417. The first-order chi connectivity index (χ1) is 10.2. The molecule has 0 bridgehead atoms. The molecule has 0 spiro atoms. The van der Waals surface area contributed by atoms with Crippen LogP contribution in [0.2, 0.25) is 0 Å². The van der Waals surface area contributed by atoms with Crippen LogP contribution in [-0.2, 0) is 19.6 Å². The van der Waals surface area contributed by atoms with Crippen molar-refractivity contribution in [1.82, 2.24) is 0 Å². The highest BCUT2D eigenvalue weighted by molar-refractivity contribution is 7.75. The zero-order chi connectivity index (χ0) is 15.7. The van der Waals surface area contributed by atoms with Crippen LogP contribution in [0.3, 0.4) is 0 Å². The Labute approximate surface area is 138 Å². The van der Waals surface area contributed by atoms with Gasteiger partial charge >= 0.3 is 0 Å². The summed E-state index contributed by atoms with van der Waals surface area (Å²) < 4.78 is 9.82. The average Bonchev–Trinajstić information content (AvgIpc) is 2.81. The number of thiol groups is 2. The molecule has 5 heteroatoms. The van der Waals surface area contributed by atoms with E-state index in [2.05, 4.69) is 38.0 Å². The standard InChI is InChI=1S/C14H18O3S2.C2H6/c15-13-12(8-11-4-2-1-3-5-11)6-7-14(13,9-16-18)10-17-19;1-2/h1-5,12,18-19H,6-10H2;1-2H3. The fourth-order valence-corrected chi connectivity index (χ4v) is 3.30. The quantitative estimate of drug-likeness (QED) is 0.613. The third kappa shape index (κ3) is 4.74. The number of hydrogen-bond donors (Lipinski definition) is 2. The number of benzene rings is 1. The summed E-state index contributed by atoms with van der Waals surface area (Å²) in [5.41, 5.74) is 0.610. The van der Waals surface area contributed by atoms with Gasteiger partial charge in [0.2, 0.25) is 0 Å². The lowest BCUT2D eigenvalue weighted by Crippen LogP contribution is -2.37. The number of Topliss-reactive ketones (excluding diaryl/α,β-unsaturated/α-hetero) is 1. The fraction of sp³-hybridized carbons (Fsp3) is 0.562. The van der Waals surface area contributed by atoms with Gasteiger partial charge in [-0.2, -0.15) is 0 Å². The molecule has 1 fully saturated rings. The molecule has 1 aliphatic carbocycles. The minimum absolute atomic E-state index is 0.0365. The van der Waals surface area contributed by atoms with Crippen molar-refractivity contribution in [2.24, 2.45) is 11.3 Å². The predicted octanol–water partition coefficient (Wildman–Crippen LogP) is 3.94. The Morgan fingerprint density at radius 1 is 1.14 bits per heavy atom. The molecule has 1 aliphatic rings. The summed E-state index contributed by atoms with van der Waals surface area (Å²) in [5, 5.41) is 0. The summed E-state index contributed by atoms with van der Waals surface area (Å²) in [6, 6.07) is 10.1.